The Morgan fingerprint density at radius 3 is 3.00 bits per heavy atom. The van der Waals surface area contributed by atoms with Crippen molar-refractivity contribution >= 4 is 11.0 Å². The molecule has 1 N–H and O–H groups in total. The summed E-state index contributed by atoms with van der Waals surface area (Å²) in [4.78, 5) is 4.49. The van der Waals surface area contributed by atoms with Crippen LogP contribution in [0.2, 0.25) is 0 Å². The average molecular weight is 244 g/mol. The molecule has 0 aliphatic heterocycles. The summed E-state index contributed by atoms with van der Waals surface area (Å²) in [6, 6.07) is 2.21. The molecule has 1 saturated carbocycles. The van der Waals surface area contributed by atoms with Crippen LogP contribution in [0, 0.1) is 12.8 Å². The van der Waals surface area contributed by atoms with Crippen LogP contribution < -0.4 is 5.32 Å². The summed E-state index contributed by atoms with van der Waals surface area (Å²) in [7, 11) is 1.94. The zero-order valence-electron chi connectivity index (χ0n) is 11.1. The van der Waals surface area contributed by atoms with Gasteiger partial charge in [-0.3, -0.25) is 4.68 Å². The lowest BCUT2D eigenvalue weighted by Gasteiger charge is -2.25. The first-order valence-corrected chi connectivity index (χ1v) is 6.73. The molecule has 1 aliphatic rings. The number of hydrogen-bond acceptors (Lipinski definition) is 3. The van der Waals surface area contributed by atoms with Crippen LogP contribution in [0.3, 0.4) is 0 Å². The van der Waals surface area contributed by atoms with Crippen molar-refractivity contribution in [1.82, 2.24) is 20.1 Å². The fourth-order valence-electron chi connectivity index (χ4n) is 2.57. The van der Waals surface area contributed by atoms with E-state index >= 15 is 0 Å². The third-order valence-corrected chi connectivity index (χ3v) is 3.91. The minimum atomic E-state index is 0.904. The number of pyridine rings is 1. The van der Waals surface area contributed by atoms with Gasteiger partial charge >= 0.3 is 0 Å². The Balaban J connectivity index is 1.70. The summed E-state index contributed by atoms with van der Waals surface area (Å²) in [5.41, 5.74) is 3.27. The predicted molar refractivity (Wildman–Crippen MR) is 72.3 cm³/mol. The van der Waals surface area contributed by atoms with Gasteiger partial charge in [-0.2, -0.15) is 5.10 Å². The van der Waals surface area contributed by atoms with Crippen LogP contribution in [-0.2, 0) is 13.6 Å². The first kappa shape index (κ1) is 11.7. The third kappa shape index (κ3) is 2.12. The number of hydrogen-bond donors (Lipinski definition) is 1. The Kier molecular flexibility index (Phi) is 3.04. The highest BCUT2D eigenvalue weighted by atomic mass is 15.3. The number of aromatic nitrogens is 3. The van der Waals surface area contributed by atoms with Gasteiger partial charge in [-0.1, -0.05) is 6.42 Å². The van der Waals surface area contributed by atoms with Crippen molar-refractivity contribution in [3.05, 3.63) is 23.5 Å². The summed E-state index contributed by atoms with van der Waals surface area (Å²) in [6.07, 6.45) is 6.16. The van der Waals surface area contributed by atoms with Gasteiger partial charge in [0.25, 0.3) is 0 Å². The SMILES string of the molecule is Cc1nn(C)c2ncc(CNCC3CCC3)cc12. The smallest absolute Gasteiger partial charge is 0.157 e. The molecule has 0 radical (unpaired) electrons. The normalized spacial score (nSPS) is 16.1. The standard InChI is InChI=1S/C14H20N4/c1-10-13-6-12(8-15-7-11-4-3-5-11)9-16-14(13)18(2)17-10/h6,9,11,15H,3-5,7-8H2,1-2H3. The van der Waals surface area contributed by atoms with Gasteiger partial charge in [0.1, 0.15) is 0 Å². The molecule has 0 atom stereocenters. The number of rotatable bonds is 4. The summed E-state index contributed by atoms with van der Waals surface area (Å²) in [5, 5.41) is 9.09. The van der Waals surface area contributed by atoms with Gasteiger partial charge in [0, 0.05) is 25.2 Å². The van der Waals surface area contributed by atoms with E-state index < -0.39 is 0 Å². The molecule has 0 saturated heterocycles. The van der Waals surface area contributed by atoms with Crippen molar-refractivity contribution < 1.29 is 0 Å². The topological polar surface area (TPSA) is 42.7 Å². The molecule has 0 bridgehead atoms. The molecule has 0 aromatic carbocycles. The second-order valence-electron chi connectivity index (χ2n) is 5.35. The van der Waals surface area contributed by atoms with Crippen molar-refractivity contribution in [2.45, 2.75) is 32.7 Å². The van der Waals surface area contributed by atoms with Crippen LogP contribution in [0.25, 0.3) is 11.0 Å². The minimum absolute atomic E-state index is 0.904. The maximum atomic E-state index is 4.49. The van der Waals surface area contributed by atoms with Crippen LogP contribution in [0.15, 0.2) is 12.3 Å². The zero-order chi connectivity index (χ0) is 12.5. The molecular formula is C14H20N4. The monoisotopic (exact) mass is 244 g/mol. The maximum absolute atomic E-state index is 4.49. The Morgan fingerprint density at radius 2 is 2.28 bits per heavy atom. The van der Waals surface area contributed by atoms with Crippen molar-refractivity contribution in [1.29, 1.82) is 0 Å². The molecule has 0 unspecified atom stereocenters. The van der Waals surface area contributed by atoms with E-state index in [4.69, 9.17) is 0 Å². The van der Waals surface area contributed by atoms with E-state index in [1.54, 1.807) is 0 Å². The first-order chi connectivity index (χ1) is 8.74. The van der Waals surface area contributed by atoms with Crippen molar-refractivity contribution in [3.63, 3.8) is 0 Å². The number of aryl methyl sites for hydroxylation is 2. The molecule has 0 spiro atoms. The molecule has 0 amide bonds. The van der Waals surface area contributed by atoms with Crippen LogP contribution in [0.5, 0.6) is 0 Å². The molecule has 4 heteroatoms. The van der Waals surface area contributed by atoms with Crippen molar-refractivity contribution in [2.75, 3.05) is 6.54 Å². The summed E-state index contributed by atoms with van der Waals surface area (Å²) in [6.45, 7) is 4.09. The highest BCUT2D eigenvalue weighted by Gasteiger charge is 2.16. The van der Waals surface area contributed by atoms with Gasteiger partial charge in [0.15, 0.2) is 5.65 Å². The zero-order valence-corrected chi connectivity index (χ0v) is 11.1. The largest absolute Gasteiger partial charge is 0.312 e. The van der Waals surface area contributed by atoms with Gasteiger partial charge in [0.2, 0.25) is 0 Å². The lowest BCUT2D eigenvalue weighted by molar-refractivity contribution is 0.301. The van der Waals surface area contributed by atoms with Crippen LogP contribution in [0.4, 0.5) is 0 Å². The Labute approximate surface area is 107 Å². The van der Waals surface area contributed by atoms with E-state index in [0.29, 0.717) is 0 Å². The van der Waals surface area contributed by atoms with E-state index in [9.17, 15) is 0 Å². The van der Waals surface area contributed by atoms with Gasteiger partial charge in [-0.15, -0.1) is 0 Å². The fraction of sp³-hybridized carbons (Fsp3) is 0.571. The molecule has 1 fully saturated rings. The van der Waals surface area contributed by atoms with Gasteiger partial charge in [-0.25, -0.2) is 4.98 Å². The number of fused-ring (bicyclic) bond motifs is 1. The third-order valence-electron chi connectivity index (χ3n) is 3.91. The van der Waals surface area contributed by atoms with E-state index in [2.05, 4.69) is 21.5 Å². The highest BCUT2D eigenvalue weighted by Crippen LogP contribution is 2.25. The number of nitrogens with one attached hydrogen (secondary N) is 1. The van der Waals surface area contributed by atoms with Gasteiger partial charge in [0.05, 0.1) is 5.69 Å². The molecule has 1 aliphatic carbocycles. The average Bonchev–Trinajstić information content (AvgIpc) is 2.58. The molecule has 2 heterocycles. The van der Waals surface area contributed by atoms with E-state index in [1.165, 1.54) is 30.2 Å². The van der Waals surface area contributed by atoms with Gasteiger partial charge in [-0.05, 0) is 43.9 Å². The van der Waals surface area contributed by atoms with Crippen LogP contribution in [0.1, 0.15) is 30.5 Å². The minimum Gasteiger partial charge on any atom is -0.312 e. The maximum Gasteiger partial charge on any atom is 0.157 e. The van der Waals surface area contributed by atoms with E-state index in [0.717, 1.165) is 30.3 Å². The molecular weight excluding hydrogens is 224 g/mol. The summed E-state index contributed by atoms with van der Waals surface area (Å²) in [5.74, 6) is 0.904. The Morgan fingerprint density at radius 1 is 1.44 bits per heavy atom. The fourth-order valence-corrected chi connectivity index (χ4v) is 2.57. The Hall–Kier alpha value is -1.42. The van der Waals surface area contributed by atoms with Crippen LogP contribution in [-0.4, -0.2) is 21.3 Å². The van der Waals surface area contributed by atoms with E-state index in [-0.39, 0.29) is 0 Å². The molecule has 2 aromatic rings. The highest BCUT2D eigenvalue weighted by molar-refractivity contribution is 5.78. The predicted octanol–water partition coefficient (Wildman–Crippen LogP) is 2.17. The first-order valence-electron chi connectivity index (χ1n) is 6.73. The van der Waals surface area contributed by atoms with Gasteiger partial charge < -0.3 is 5.32 Å². The van der Waals surface area contributed by atoms with Crippen molar-refractivity contribution in [2.24, 2.45) is 13.0 Å². The molecule has 18 heavy (non-hydrogen) atoms. The van der Waals surface area contributed by atoms with Crippen molar-refractivity contribution in [3.8, 4) is 0 Å². The Bertz CT molecular complexity index is 554. The molecule has 96 valence electrons. The second kappa shape index (κ2) is 4.69. The lowest BCUT2D eigenvalue weighted by Crippen LogP contribution is -2.26. The second-order valence-corrected chi connectivity index (χ2v) is 5.35. The summed E-state index contributed by atoms with van der Waals surface area (Å²) < 4.78 is 1.84. The van der Waals surface area contributed by atoms with E-state index in [1.807, 2.05) is 24.9 Å². The number of nitrogens with zero attached hydrogens (tertiary/aromatic N) is 3. The quantitative estimate of drug-likeness (QED) is 0.896. The molecule has 3 rings (SSSR count). The lowest BCUT2D eigenvalue weighted by atomic mass is 9.85. The molecule has 2 aromatic heterocycles. The van der Waals surface area contributed by atoms with Crippen LogP contribution >= 0.6 is 0 Å². The summed E-state index contributed by atoms with van der Waals surface area (Å²) >= 11 is 0. The molecule has 4 nitrogen and oxygen atoms in total.